The van der Waals surface area contributed by atoms with Gasteiger partial charge in [-0.3, -0.25) is 9.69 Å². The molecule has 2 aromatic carbocycles. The summed E-state index contributed by atoms with van der Waals surface area (Å²) in [7, 11) is -4.17. The van der Waals surface area contributed by atoms with Crippen LogP contribution in [0, 0.1) is 11.6 Å². The molecule has 2 aromatic heterocycles. The number of sulfonamides is 1. The molecule has 0 aliphatic carbocycles. The van der Waals surface area contributed by atoms with Crippen molar-refractivity contribution in [3.8, 4) is 10.6 Å². The number of benzene rings is 2. The number of aromatic nitrogens is 3. The van der Waals surface area contributed by atoms with Crippen molar-refractivity contribution in [3.05, 3.63) is 81.2 Å². The standard InChI is InChI=1S/C22H18ClF2N5O3S2/c23-15-3-1-14(2-4-15)21-27-30-20(31)12-17(26-22(30)34-21)13-28-7-9-29(10-8-28)35(32,33)19-11-16(24)5-6-18(19)25/h1-6,11-12H,7-10,13H2. The van der Waals surface area contributed by atoms with Crippen LogP contribution in [-0.2, 0) is 16.6 Å². The highest BCUT2D eigenvalue weighted by atomic mass is 35.5. The summed E-state index contributed by atoms with van der Waals surface area (Å²) in [5.74, 6) is -1.81. The minimum atomic E-state index is -4.17. The lowest BCUT2D eigenvalue weighted by molar-refractivity contribution is 0.179. The zero-order chi connectivity index (χ0) is 24.7. The lowest BCUT2D eigenvalue weighted by atomic mass is 10.2. The van der Waals surface area contributed by atoms with Gasteiger partial charge >= 0.3 is 0 Å². The molecule has 0 N–H and O–H groups in total. The van der Waals surface area contributed by atoms with E-state index in [0.29, 0.717) is 46.4 Å². The van der Waals surface area contributed by atoms with Crippen molar-refractivity contribution in [2.45, 2.75) is 11.4 Å². The van der Waals surface area contributed by atoms with Gasteiger partial charge in [-0.1, -0.05) is 35.1 Å². The van der Waals surface area contributed by atoms with Crippen molar-refractivity contribution < 1.29 is 17.2 Å². The zero-order valence-electron chi connectivity index (χ0n) is 18.1. The SMILES string of the molecule is O=c1cc(CN2CCN(S(=O)(=O)c3cc(F)ccc3F)CC2)nc2sc(-c3ccc(Cl)cc3)nn12. The van der Waals surface area contributed by atoms with Crippen molar-refractivity contribution in [1.29, 1.82) is 0 Å². The van der Waals surface area contributed by atoms with E-state index in [2.05, 4.69) is 10.1 Å². The van der Waals surface area contributed by atoms with Crippen LogP contribution < -0.4 is 5.56 Å². The summed E-state index contributed by atoms with van der Waals surface area (Å²) in [5.41, 5.74) is 1.04. The quantitative estimate of drug-likeness (QED) is 0.388. The molecule has 1 aliphatic heterocycles. The van der Waals surface area contributed by atoms with Crippen molar-refractivity contribution in [3.63, 3.8) is 0 Å². The third-order valence-electron chi connectivity index (χ3n) is 5.62. The van der Waals surface area contributed by atoms with Gasteiger partial charge in [-0.2, -0.15) is 13.9 Å². The monoisotopic (exact) mass is 537 g/mol. The number of hydrogen-bond donors (Lipinski definition) is 0. The molecule has 35 heavy (non-hydrogen) atoms. The highest BCUT2D eigenvalue weighted by molar-refractivity contribution is 7.89. The molecule has 0 spiro atoms. The molecule has 1 fully saturated rings. The Balaban J connectivity index is 1.30. The fraction of sp³-hybridized carbons (Fsp3) is 0.227. The van der Waals surface area contributed by atoms with Crippen LogP contribution in [-0.4, -0.2) is 58.4 Å². The van der Waals surface area contributed by atoms with E-state index in [1.165, 1.54) is 21.9 Å². The Labute approximate surface area is 208 Å². The van der Waals surface area contributed by atoms with Crippen LogP contribution >= 0.6 is 22.9 Å². The average Bonchev–Trinajstić information content (AvgIpc) is 3.26. The van der Waals surface area contributed by atoms with Gasteiger partial charge in [-0.15, -0.1) is 0 Å². The minimum absolute atomic E-state index is 0.0980. The van der Waals surface area contributed by atoms with Crippen molar-refractivity contribution in [1.82, 2.24) is 23.8 Å². The van der Waals surface area contributed by atoms with Crippen molar-refractivity contribution >= 4 is 37.9 Å². The van der Waals surface area contributed by atoms with Crippen LogP contribution in [0.3, 0.4) is 0 Å². The molecule has 3 heterocycles. The second-order valence-electron chi connectivity index (χ2n) is 7.95. The second kappa shape index (κ2) is 9.36. The predicted molar refractivity (Wildman–Crippen MR) is 128 cm³/mol. The van der Waals surface area contributed by atoms with Gasteiger partial charge in [0, 0.05) is 49.4 Å². The molecule has 0 amide bonds. The summed E-state index contributed by atoms with van der Waals surface area (Å²) in [6, 6.07) is 10.9. The van der Waals surface area contributed by atoms with Gasteiger partial charge in [0.2, 0.25) is 15.0 Å². The van der Waals surface area contributed by atoms with Gasteiger partial charge in [0.05, 0.1) is 5.69 Å². The molecule has 0 saturated carbocycles. The molecule has 13 heteroatoms. The Morgan fingerprint density at radius 3 is 2.43 bits per heavy atom. The smallest absolute Gasteiger partial charge is 0.275 e. The van der Waals surface area contributed by atoms with E-state index in [4.69, 9.17) is 11.6 Å². The summed E-state index contributed by atoms with van der Waals surface area (Å²) in [4.78, 5) is 18.9. The third-order valence-corrected chi connectivity index (χ3v) is 8.74. The van der Waals surface area contributed by atoms with Gasteiger partial charge in [-0.25, -0.2) is 22.2 Å². The maximum Gasteiger partial charge on any atom is 0.275 e. The summed E-state index contributed by atoms with van der Waals surface area (Å²) in [5, 5.41) is 5.58. The number of piperazine rings is 1. The minimum Gasteiger partial charge on any atom is -0.295 e. The number of rotatable bonds is 5. The van der Waals surface area contributed by atoms with Crippen LogP contribution in [0.1, 0.15) is 5.69 Å². The van der Waals surface area contributed by atoms with Gasteiger partial charge in [0.25, 0.3) is 5.56 Å². The largest absolute Gasteiger partial charge is 0.295 e. The van der Waals surface area contributed by atoms with E-state index in [1.54, 1.807) is 12.1 Å². The molecule has 1 saturated heterocycles. The highest BCUT2D eigenvalue weighted by Gasteiger charge is 2.31. The Morgan fingerprint density at radius 1 is 1.00 bits per heavy atom. The highest BCUT2D eigenvalue weighted by Crippen LogP contribution is 2.26. The van der Waals surface area contributed by atoms with Crippen LogP contribution in [0.5, 0.6) is 0 Å². The number of fused-ring (bicyclic) bond motifs is 1. The molecule has 4 aromatic rings. The number of halogens is 3. The Bertz CT molecular complexity index is 1570. The third kappa shape index (κ3) is 4.84. The lowest BCUT2D eigenvalue weighted by Crippen LogP contribution is -2.48. The van der Waals surface area contributed by atoms with Gasteiger partial charge in [0.1, 0.15) is 21.5 Å². The van der Waals surface area contributed by atoms with E-state index in [0.717, 1.165) is 22.0 Å². The Kier molecular flexibility index (Phi) is 6.40. The summed E-state index contributed by atoms with van der Waals surface area (Å²) < 4.78 is 55.5. The van der Waals surface area contributed by atoms with E-state index in [-0.39, 0.29) is 18.6 Å². The fourth-order valence-corrected chi connectivity index (χ4v) is 6.37. The molecule has 0 atom stereocenters. The Hall–Kier alpha value is -2.77. The lowest BCUT2D eigenvalue weighted by Gasteiger charge is -2.33. The molecule has 182 valence electrons. The molecule has 8 nitrogen and oxygen atoms in total. The van der Waals surface area contributed by atoms with Gasteiger partial charge in [0.15, 0.2) is 0 Å². The van der Waals surface area contributed by atoms with E-state index in [9.17, 15) is 22.0 Å². The fourth-order valence-electron chi connectivity index (χ4n) is 3.82. The van der Waals surface area contributed by atoms with Crippen LogP contribution in [0.15, 0.2) is 58.2 Å². The maximum absolute atomic E-state index is 14.0. The summed E-state index contributed by atoms with van der Waals surface area (Å²) in [6.07, 6.45) is 0. The van der Waals surface area contributed by atoms with E-state index < -0.39 is 26.6 Å². The summed E-state index contributed by atoms with van der Waals surface area (Å²) >= 11 is 7.21. The first-order valence-electron chi connectivity index (χ1n) is 10.5. The van der Waals surface area contributed by atoms with Gasteiger partial charge < -0.3 is 0 Å². The molecular weight excluding hydrogens is 520 g/mol. The second-order valence-corrected chi connectivity index (χ2v) is 11.2. The van der Waals surface area contributed by atoms with Crippen LogP contribution in [0.25, 0.3) is 15.5 Å². The molecule has 5 rings (SSSR count). The summed E-state index contributed by atoms with van der Waals surface area (Å²) in [6.45, 7) is 1.22. The van der Waals surface area contributed by atoms with Crippen LogP contribution in [0.4, 0.5) is 8.78 Å². The normalized spacial score (nSPS) is 15.6. The molecule has 0 bridgehead atoms. The molecular formula is C22H18ClF2N5O3S2. The Morgan fingerprint density at radius 2 is 1.71 bits per heavy atom. The average molecular weight is 538 g/mol. The van der Waals surface area contributed by atoms with Crippen molar-refractivity contribution in [2.75, 3.05) is 26.2 Å². The van der Waals surface area contributed by atoms with Crippen LogP contribution in [0.2, 0.25) is 5.02 Å². The van der Waals surface area contributed by atoms with Gasteiger partial charge in [-0.05, 0) is 30.3 Å². The predicted octanol–water partition coefficient (Wildman–Crippen LogP) is 3.26. The first-order valence-corrected chi connectivity index (χ1v) is 13.2. The number of nitrogens with zero attached hydrogens (tertiary/aromatic N) is 5. The first-order chi connectivity index (χ1) is 16.7. The molecule has 0 unspecified atom stereocenters. The number of hydrogen-bond acceptors (Lipinski definition) is 7. The first kappa shape index (κ1) is 23.9. The topological polar surface area (TPSA) is 87.9 Å². The van der Waals surface area contributed by atoms with Crippen molar-refractivity contribution in [2.24, 2.45) is 0 Å². The maximum atomic E-state index is 14.0. The zero-order valence-corrected chi connectivity index (χ0v) is 20.5. The molecule has 1 aliphatic rings. The van der Waals surface area contributed by atoms with E-state index >= 15 is 0 Å². The van der Waals surface area contributed by atoms with E-state index in [1.807, 2.05) is 17.0 Å². The molecule has 0 radical (unpaired) electrons.